The fraction of sp³-hybridized carbons (Fsp3) is 0.208. The van der Waals surface area contributed by atoms with Crippen molar-refractivity contribution in [2.24, 2.45) is 0 Å². The van der Waals surface area contributed by atoms with Gasteiger partial charge in [-0.05, 0) is 23.8 Å². The summed E-state index contributed by atoms with van der Waals surface area (Å²) in [4.78, 5) is 21.7. The summed E-state index contributed by atoms with van der Waals surface area (Å²) in [6, 6.07) is 14.6. The summed E-state index contributed by atoms with van der Waals surface area (Å²) < 4.78 is 14.3. The van der Waals surface area contributed by atoms with Gasteiger partial charge in [-0.3, -0.25) is 9.48 Å². The Morgan fingerprint density at radius 3 is 2.83 bits per heavy atom. The van der Waals surface area contributed by atoms with Gasteiger partial charge in [0.15, 0.2) is 0 Å². The molecule has 0 aliphatic carbocycles. The molecule has 6 rings (SSSR count). The maximum absolute atomic E-state index is 12.7. The quantitative estimate of drug-likeness (QED) is 0.314. The Kier molecular flexibility index (Phi) is 5.64. The molecule has 0 saturated carbocycles. The van der Waals surface area contributed by atoms with Crippen LogP contribution in [0.4, 0.5) is 17.5 Å². The second-order valence-corrected chi connectivity index (χ2v) is 8.21. The number of nitrogens with zero attached hydrogens (tertiary/aromatic N) is 6. The zero-order valence-electron chi connectivity index (χ0n) is 19.0. The SMILES string of the molecule is O=c1c2ccc(Nc3ncc(-c4nnco4)c(N[C@H](CO)c4ccccc4)n3)cc2n2n1COCC2. The zero-order valence-corrected chi connectivity index (χ0v) is 19.0. The Bertz CT molecular complexity index is 1560. The van der Waals surface area contributed by atoms with Crippen molar-refractivity contribution in [1.82, 2.24) is 29.5 Å². The highest BCUT2D eigenvalue weighted by molar-refractivity contribution is 5.83. The Labute approximate surface area is 204 Å². The van der Waals surface area contributed by atoms with Crippen molar-refractivity contribution < 1.29 is 14.3 Å². The van der Waals surface area contributed by atoms with Gasteiger partial charge in [0.1, 0.15) is 12.5 Å². The van der Waals surface area contributed by atoms with Crippen LogP contribution in [0.25, 0.3) is 22.4 Å². The molecule has 3 N–H and O–H groups in total. The minimum atomic E-state index is -0.422. The lowest BCUT2D eigenvalue weighted by Gasteiger charge is -2.19. The first kappa shape index (κ1) is 21.9. The molecule has 3 aromatic heterocycles. The monoisotopic (exact) mass is 486 g/mol. The van der Waals surface area contributed by atoms with E-state index in [2.05, 4.69) is 30.8 Å². The number of anilines is 3. The lowest BCUT2D eigenvalue weighted by molar-refractivity contribution is 0.0156. The van der Waals surface area contributed by atoms with Crippen LogP contribution in [0.3, 0.4) is 0 Å². The Balaban J connectivity index is 1.35. The summed E-state index contributed by atoms with van der Waals surface area (Å²) in [5, 5.41) is 24.9. The molecule has 0 unspecified atom stereocenters. The van der Waals surface area contributed by atoms with Crippen molar-refractivity contribution in [1.29, 1.82) is 0 Å². The third-order valence-electron chi connectivity index (χ3n) is 6.02. The topological polar surface area (TPSA) is 145 Å². The minimum absolute atomic E-state index is 0.0844. The predicted molar refractivity (Wildman–Crippen MR) is 131 cm³/mol. The van der Waals surface area contributed by atoms with E-state index in [4.69, 9.17) is 9.15 Å². The van der Waals surface area contributed by atoms with Gasteiger partial charge in [0.05, 0.1) is 42.3 Å². The van der Waals surface area contributed by atoms with Crippen LogP contribution < -0.4 is 16.2 Å². The van der Waals surface area contributed by atoms with E-state index in [9.17, 15) is 9.90 Å². The van der Waals surface area contributed by atoms with Gasteiger partial charge >= 0.3 is 0 Å². The molecule has 12 heteroatoms. The summed E-state index contributed by atoms with van der Waals surface area (Å²) in [7, 11) is 0. The van der Waals surface area contributed by atoms with Crippen LogP contribution in [0.15, 0.2) is 70.3 Å². The highest BCUT2D eigenvalue weighted by Crippen LogP contribution is 2.29. The maximum atomic E-state index is 12.7. The molecule has 4 heterocycles. The van der Waals surface area contributed by atoms with E-state index < -0.39 is 6.04 Å². The van der Waals surface area contributed by atoms with Crippen LogP contribution in [-0.2, 0) is 18.0 Å². The van der Waals surface area contributed by atoms with Crippen molar-refractivity contribution in [2.75, 3.05) is 23.8 Å². The first-order valence-corrected chi connectivity index (χ1v) is 11.4. The van der Waals surface area contributed by atoms with E-state index in [0.29, 0.717) is 41.6 Å². The average molecular weight is 486 g/mol. The molecule has 0 spiro atoms. The van der Waals surface area contributed by atoms with Crippen LogP contribution in [-0.4, -0.2) is 47.8 Å². The van der Waals surface area contributed by atoms with Crippen LogP contribution >= 0.6 is 0 Å². The predicted octanol–water partition coefficient (Wildman–Crippen LogP) is 2.52. The second-order valence-electron chi connectivity index (χ2n) is 8.21. The van der Waals surface area contributed by atoms with Crippen LogP contribution in [0, 0.1) is 0 Å². The van der Waals surface area contributed by atoms with Crippen molar-refractivity contribution in [3.63, 3.8) is 0 Å². The molecule has 0 bridgehead atoms. The number of fused-ring (bicyclic) bond motifs is 3. The van der Waals surface area contributed by atoms with E-state index in [1.165, 1.54) is 6.39 Å². The first-order valence-electron chi connectivity index (χ1n) is 11.4. The number of hydrogen-bond donors (Lipinski definition) is 3. The smallest absolute Gasteiger partial charge is 0.276 e. The highest BCUT2D eigenvalue weighted by Gasteiger charge is 2.20. The van der Waals surface area contributed by atoms with Crippen molar-refractivity contribution in [2.45, 2.75) is 19.3 Å². The summed E-state index contributed by atoms with van der Waals surface area (Å²) in [6.07, 6.45) is 2.80. The molecule has 5 aromatic rings. The Morgan fingerprint density at radius 2 is 2.03 bits per heavy atom. The molecule has 12 nitrogen and oxygen atoms in total. The fourth-order valence-corrected chi connectivity index (χ4v) is 4.27. The molecular formula is C24H22N8O4. The lowest BCUT2D eigenvalue weighted by atomic mass is 10.1. The van der Waals surface area contributed by atoms with Crippen LogP contribution in [0.1, 0.15) is 11.6 Å². The van der Waals surface area contributed by atoms with E-state index in [1.807, 2.05) is 41.1 Å². The minimum Gasteiger partial charge on any atom is -0.423 e. The normalized spacial score (nSPS) is 13.9. The van der Waals surface area contributed by atoms with Gasteiger partial charge in [-0.2, -0.15) is 4.98 Å². The number of aliphatic hydroxyl groups excluding tert-OH is 1. The molecule has 0 fully saturated rings. The van der Waals surface area contributed by atoms with Crippen molar-refractivity contribution >= 4 is 28.4 Å². The van der Waals surface area contributed by atoms with Gasteiger partial charge in [-0.1, -0.05) is 30.3 Å². The average Bonchev–Trinajstić information content (AvgIpc) is 3.55. The Hall–Kier alpha value is -4.55. The molecule has 0 radical (unpaired) electrons. The number of aliphatic hydroxyl groups is 1. The van der Waals surface area contributed by atoms with E-state index in [0.717, 1.165) is 11.1 Å². The summed E-state index contributed by atoms with van der Waals surface area (Å²) in [5.41, 5.74) is 2.82. The van der Waals surface area contributed by atoms with Gasteiger partial charge in [-0.15, -0.1) is 10.2 Å². The standard InChI is InChI=1S/C24H22N8O4/c33-12-19(15-4-2-1-3-5-15)28-21-18(22-30-26-13-36-22)11-25-24(29-21)27-16-6-7-17-20(10-16)31-8-9-35-14-32(31)23(17)34/h1-7,10-11,13,19,33H,8-9,12,14H2,(H2,25,27,28,29)/t19-/m1/s1. The van der Waals surface area contributed by atoms with Gasteiger partial charge in [-0.25, -0.2) is 9.67 Å². The third-order valence-corrected chi connectivity index (χ3v) is 6.02. The molecule has 1 aliphatic heterocycles. The summed E-state index contributed by atoms with van der Waals surface area (Å²) in [5.74, 6) is 0.973. The number of nitrogens with one attached hydrogen (secondary N) is 2. The third kappa shape index (κ3) is 3.97. The summed E-state index contributed by atoms with van der Waals surface area (Å²) in [6.45, 7) is 1.21. The molecule has 182 valence electrons. The van der Waals surface area contributed by atoms with E-state index in [1.54, 1.807) is 23.0 Å². The number of benzene rings is 2. The van der Waals surface area contributed by atoms with Crippen LogP contribution in [0.5, 0.6) is 0 Å². The fourth-order valence-electron chi connectivity index (χ4n) is 4.27. The number of rotatable bonds is 7. The maximum Gasteiger partial charge on any atom is 0.276 e. The van der Waals surface area contributed by atoms with E-state index >= 15 is 0 Å². The number of hydrogen-bond acceptors (Lipinski definition) is 10. The molecule has 2 aromatic carbocycles. The molecule has 0 amide bonds. The molecule has 0 saturated heterocycles. The molecule has 1 aliphatic rings. The number of ether oxygens (including phenoxy) is 1. The molecular weight excluding hydrogens is 464 g/mol. The summed E-state index contributed by atoms with van der Waals surface area (Å²) >= 11 is 0. The van der Waals surface area contributed by atoms with Gasteiger partial charge in [0.25, 0.3) is 11.4 Å². The first-order chi connectivity index (χ1) is 17.7. The largest absolute Gasteiger partial charge is 0.423 e. The van der Waals surface area contributed by atoms with E-state index in [-0.39, 0.29) is 24.8 Å². The molecule has 36 heavy (non-hydrogen) atoms. The van der Waals surface area contributed by atoms with Crippen LogP contribution in [0.2, 0.25) is 0 Å². The highest BCUT2D eigenvalue weighted by atomic mass is 16.5. The molecule has 1 atom stereocenters. The lowest BCUT2D eigenvalue weighted by Crippen LogP contribution is -2.30. The van der Waals surface area contributed by atoms with Gasteiger partial charge in [0.2, 0.25) is 12.3 Å². The van der Waals surface area contributed by atoms with Crippen molar-refractivity contribution in [3.8, 4) is 11.5 Å². The van der Waals surface area contributed by atoms with Crippen molar-refractivity contribution in [3.05, 3.63) is 77.0 Å². The Morgan fingerprint density at radius 1 is 1.14 bits per heavy atom. The second kappa shape index (κ2) is 9.24. The number of aromatic nitrogens is 6. The van der Waals surface area contributed by atoms with Gasteiger partial charge in [0, 0.05) is 11.9 Å². The van der Waals surface area contributed by atoms with Gasteiger partial charge < -0.3 is 24.9 Å². The zero-order chi connectivity index (χ0) is 24.5.